The third-order valence-corrected chi connectivity index (χ3v) is 2.65. The lowest BCUT2D eigenvalue weighted by Crippen LogP contribution is -2.30. The lowest BCUT2D eigenvalue weighted by Gasteiger charge is -2.20. The zero-order chi connectivity index (χ0) is 11.4. The first-order valence-corrected chi connectivity index (χ1v) is 5.48. The minimum absolute atomic E-state index is 0.0456. The minimum Gasteiger partial charge on any atom is -0.394 e. The lowest BCUT2D eigenvalue weighted by atomic mass is 10.0. The molecular weight excluding hydrogens is 186 g/mol. The number of rotatable bonds is 4. The van der Waals surface area contributed by atoms with Crippen LogP contribution in [0.15, 0.2) is 18.2 Å². The molecule has 0 aliphatic heterocycles. The first-order chi connectivity index (χ1) is 7.04. The Labute approximate surface area is 92.3 Å². The molecule has 2 N–H and O–H groups in total. The van der Waals surface area contributed by atoms with E-state index >= 15 is 0 Å². The third-order valence-electron chi connectivity index (χ3n) is 2.65. The first-order valence-electron chi connectivity index (χ1n) is 5.48. The second kappa shape index (κ2) is 5.29. The van der Waals surface area contributed by atoms with Crippen molar-refractivity contribution in [2.24, 2.45) is 0 Å². The highest BCUT2D eigenvalue weighted by atomic mass is 16.3. The second-order valence-electron chi connectivity index (χ2n) is 4.40. The van der Waals surface area contributed by atoms with Gasteiger partial charge in [0.2, 0.25) is 0 Å². The van der Waals surface area contributed by atoms with Crippen molar-refractivity contribution in [1.82, 2.24) is 5.32 Å². The van der Waals surface area contributed by atoms with Crippen molar-refractivity contribution in [2.45, 2.75) is 39.8 Å². The van der Waals surface area contributed by atoms with Gasteiger partial charge in [0.25, 0.3) is 0 Å². The molecule has 84 valence electrons. The van der Waals surface area contributed by atoms with Crippen LogP contribution in [0, 0.1) is 13.8 Å². The Morgan fingerprint density at radius 1 is 1.20 bits per heavy atom. The third kappa shape index (κ3) is 3.33. The average molecular weight is 207 g/mol. The molecule has 1 unspecified atom stereocenters. The molecule has 0 spiro atoms. The highest BCUT2D eigenvalue weighted by Gasteiger charge is 2.11. The standard InChI is InChI=1S/C13H21NO/c1-9(2)14-13(8-15)12-6-5-10(3)11(4)7-12/h5-7,9,13-15H,8H2,1-4H3. The van der Waals surface area contributed by atoms with E-state index in [9.17, 15) is 5.11 Å². The molecule has 0 fully saturated rings. The van der Waals surface area contributed by atoms with E-state index in [-0.39, 0.29) is 12.6 Å². The maximum atomic E-state index is 9.33. The summed E-state index contributed by atoms with van der Waals surface area (Å²) in [7, 11) is 0. The van der Waals surface area contributed by atoms with Gasteiger partial charge in [0.1, 0.15) is 0 Å². The number of aliphatic hydroxyl groups is 1. The summed E-state index contributed by atoms with van der Waals surface area (Å²) in [5.41, 5.74) is 3.73. The van der Waals surface area contributed by atoms with Crippen molar-refractivity contribution >= 4 is 0 Å². The Bertz CT molecular complexity index is 320. The highest BCUT2D eigenvalue weighted by Crippen LogP contribution is 2.17. The van der Waals surface area contributed by atoms with Crippen LogP contribution in [-0.4, -0.2) is 17.8 Å². The molecule has 1 aromatic rings. The van der Waals surface area contributed by atoms with E-state index in [1.807, 2.05) is 0 Å². The fourth-order valence-corrected chi connectivity index (χ4v) is 1.64. The van der Waals surface area contributed by atoms with Crippen LogP contribution in [0.4, 0.5) is 0 Å². The fourth-order valence-electron chi connectivity index (χ4n) is 1.64. The highest BCUT2D eigenvalue weighted by molar-refractivity contribution is 5.31. The smallest absolute Gasteiger partial charge is 0.0626 e. The van der Waals surface area contributed by atoms with Crippen molar-refractivity contribution in [3.63, 3.8) is 0 Å². The molecule has 1 rings (SSSR count). The van der Waals surface area contributed by atoms with E-state index in [1.54, 1.807) is 0 Å². The predicted molar refractivity (Wildman–Crippen MR) is 64.0 cm³/mol. The monoisotopic (exact) mass is 207 g/mol. The molecule has 0 aliphatic carbocycles. The normalized spacial score (nSPS) is 13.2. The van der Waals surface area contributed by atoms with Gasteiger partial charge in [0.05, 0.1) is 12.6 Å². The minimum atomic E-state index is 0.0456. The average Bonchev–Trinajstić information content (AvgIpc) is 2.18. The Hall–Kier alpha value is -0.860. The SMILES string of the molecule is Cc1ccc(C(CO)NC(C)C)cc1C. The zero-order valence-electron chi connectivity index (χ0n) is 10.0. The van der Waals surface area contributed by atoms with Gasteiger partial charge in [-0.05, 0) is 30.5 Å². The van der Waals surface area contributed by atoms with Crippen molar-refractivity contribution < 1.29 is 5.11 Å². The van der Waals surface area contributed by atoms with Gasteiger partial charge in [-0.3, -0.25) is 0 Å². The summed E-state index contributed by atoms with van der Waals surface area (Å²) >= 11 is 0. The summed E-state index contributed by atoms with van der Waals surface area (Å²) in [6.45, 7) is 8.51. The summed E-state index contributed by atoms with van der Waals surface area (Å²) in [5, 5.41) is 12.7. The molecule has 15 heavy (non-hydrogen) atoms. The number of benzene rings is 1. The van der Waals surface area contributed by atoms with Crippen LogP contribution in [0.3, 0.4) is 0 Å². The molecule has 0 heterocycles. The number of aliphatic hydroxyl groups excluding tert-OH is 1. The molecule has 0 saturated carbocycles. The summed E-state index contributed by atoms with van der Waals surface area (Å²) in [6.07, 6.45) is 0. The molecule has 2 nitrogen and oxygen atoms in total. The van der Waals surface area contributed by atoms with Gasteiger partial charge < -0.3 is 10.4 Å². The number of nitrogens with one attached hydrogen (secondary N) is 1. The summed E-state index contributed by atoms with van der Waals surface area (Å²) in [6, 6.07) is 6.76. The van der Waals surface area contributed by atoms with Crippen LogP contribution in [-0.2, 0) is 0 Å². The van der Waals surface area contributed by atoms with Crippen LogP contribution >= 0.6 is 0 Å². The molecule has 2 heteroatoms. The van der Waals surface area contributed by atoms with Gasteiger partial charge in [-0.25, -0.2) is 0 Å². The molecule has 0 aliphatic rings. The molecule has 0 bridgehead atoms. The Balaban J connectivity index is 2.87. The predicted octanol–water partition coefficient (Wildman–Crippen LogP) is 2.33. The van der Waals surface area contributed by atoms with Crippen LogP contribution < -0.4 is 5.32 Å². The molecule has 0 saturated heterocycles. The van der Waals surface area contributed by atoms with E-state index in [0.717, 1.165) is 5.56 Å². The summed E-state index contributed by atoms with van der Waals surface area (Å²) in [5.74, 6) is 0. The van der Waals surface area contributed by atoms with E-state index in [1.165, 1.54) is 11.1 Å². The summed E-state index contributed by atoms with van der Waals surface area (Å²) in [4.78, 5) is 0. The zero-order valence-corrected chi connectivity index (χ0v) is 10.0. The van der Waals surface area contributed by atoms with Gasteiger partial charge >= 0.3 is 0 Å². The van der Waals surface area contributed by atoms with Crippen LogP contribution in [0.1, 0.15) is 36.6 Å². The fraction of sp³-hybridized carbons (Fsp3) is 0.538. The van der Waals surface area contributed by atoms with Crippen LogP contribution in [0.25, 0.3) is 0 Å². The van der Waals surface area contributed by atoms with Gasteiger partial charge in [-0.1, -0.05) is 32.0 Å². The number of hydrogen-bond donors (Lipinski definition) is 2. The molecule has 0 radical (unpaired) electrons. The van der Waals surface area contributed by atoms with Gasteiger partial charge in [0, 0.05) is 6.04 Å². The first kappa shape index (κ1) is 12.2. The van der Waals surface area contributed by atoms with Crippen LogP contribution in [0.5, 0.6) is 0 Å². The Kier molecular flexibility index (Phi) is 4.30. The van der Waals surface area contributed by atoms with E-state index < -0.39 is 0 Å². The van der Waals surface area contributed by atoms with E-state index in [0.29, 0.717) is 6.04 Å². The van der Waals surface area contributed by atoms with E-state index in [4.69, 9.17) is 0 Å². The molecule has 1 atom stereocenters. The number of hydrogen-bond acceptors (Lipinski definition) is 2. The lowest BCUT2D eigenvalue weighted by molar-refractivity contribution is 0.237. The maximum absolute atomic E-state index is 9.33. The molecule has 0 amide bonds. The summed E-state index contributed by atoms with van der Waals surface area (Å²) < 4.78 is 0. The molecule has 0 aromatic heterocycles. The second-order valence-corrected chi connectivity index (χ2v) is 4.40. The topological polar surface area (TPSA) is 32.3 Å². The van der Waals surface area contributed by atoms with Crippen molar-refractivity contribution in [3.8, 4) is 0 Å². The molecule has 1 aromatic carbocycles. The number of aryl methyl sites for hydroxylation is 2. The van der Waals surface area contributed by atoms with Crippen molar-refractivity contribution in [2.75, 3.05) is 6.61 Å². The Morgan fingerprint density at radius 2 is 1.87 bits per heavy atom. The van der Waals surface area contributed by atoms with Gasteiger partial charge in [-0.2, -0.15) is 0 Å². The largest absolute Gasteiger partial charge is 0.394 e. The van der Waals surface area contributed by atoms with Gasteiger partial charge in [-0.15, -0.1) is 0 Å². The van der Waals surface area contributed by atoms with Crippen molar-refractivity contribution in [3.05, 3.63) is 34.9 Å². The maximum Gasteiger partial charge on any atom is 0.0626 e. The molecular formula is C13H21NO. The van der Waals surface area contributed by atoms with Crippen molar-refractivity contribution in [1.29, 1.82) is 0 Å². The Morgan fingerprint density at radius 3 is 2.33 bits per heavy atom. The quantitative estimate of drug-likeness (QED) is 0.794. The van der Waals surface area contributed by atoms with Gasteiger partial charge in [0.15, 0.2) is 0 Å². The van der Waals surface area contributed by atoms with Crippen LogP contribution in [0.2, 0.25) is 0 Å². The van der Waals surface area contributed by atoms with E-state index in [2.05, 4.69) is 51.2 Å².